The second-order valence-electron chi connectivity index (χ2n) is 12.2. The van der Waals surface area contributed by atoms with Gasteiger partial charge in [0.2, 0.25) is 0 Å². The highest BCUT2D eigenvalue weighted by Crippen LogP contribution is 2.30. The molecule has 0 fully saturated rings. The Morgan fingerprint density at radius 3 is 1.14 bits per heavy atom. The van der Waals surface area contributed by atoms with E-state index in [1.165, 1.54) is 0 Å². The van der Waals surface area contributed by atoms with Gasteiger partial charge in [0.25, 0.3) is 0 Å². The van der Waals surface area contributed by atoms with E-state index in [1.807, 2.05) is 65.3 Å². The van der Waals surface area contributed by atoms with Crippen LogP contribution in [-0.4, -0.2) is 52.7 Å². The summed E-state index contributed by atoms with van der Waals surface area (Å²) >= 11 is 0. The fraction of sp³-hybridized carbons (Fsp3) is 0. The summed E-state index contributed by atoms with van der Waals surface area (Å²) in [6.07, 6.45) is 8.00. The van der Waals surface area contributed by atoms with Crippen LogP contribution in [0.4, 0.5) is 0 Å². The molecule has 8 rings (SSSR count). The first-order valence-electron chi connectivity index (χ1n) is 16.0. The number of H-pyrrole nitrogens is 3. The molecule has 7 aromatic rings. The minimum absolute atomic E-state index is 0.129. The van der Waals surface area contributed by atoms with Crippen LogP contribution in [0.3, 0.4) is 0 Å². The first-order valence-corrected chi connectivity index (χ1v) is 16.0. The van der Waals surface area contributed by atoms with Gasteiger partial charge in [-0.3, -0.25) is 0 Å². The lowest BCUT2D eigenvalue weighted by atomic mass is 9.95. The van der Waals surface area contributed by atoms with Crippen LogP contribution >= 0.6 is 0 Å². The number of benzene rings is 3. The average Bonchev–Trinajstić information content (AvgIpc) is 3.93. The van der Waals surface area contributed by atoms with Gasteiger partial charge in [0.1, 0.15) is 0 Å². The summed E-state index contributed by atoms with van der Waals surface area (Å²) in [6, 6.07) is 31.7. The third-order valence-corrected chi connectivity index (χ3v) is 8.86. The minimum atomic E-state index is -1.05. The molecule has 10 heteroatoms. The Bertz CT molecular complexity index is 2600. The summed E-state index contributed by atoms with van der Waals surface area (Å²) < 4.78 is 2.03. The number of hydrogen-bond donors (Lipinski definition) is 6. The van der Waals surface area contributed by atoms with Crippen LogP contribution in [0.5, 0.6) is 0 Å². The van der Waals surface area contributed by atoms with Crippen molar-refractivity contribution < 1.29 is 29.7 Å². The van der Waals surface area contributed by atoms with Gasteiger partial charge < -0.3 is 34.8 Å². The number of nitrogens with one attached hydrogen (secondary N) is 3. The van der Waals surface area contributed by atoms with Crippen LogP contribution in [0.25, 0.3) is 52.2 Å². The SMILES string of the molecule is O=C(O)c1ccc(-c2c(-c3ccc(C(=O)O)cc3)c3n(-c4ccc(C(=O)O)cc4)c2=Cc2ccc([nH]2)C=c2ccc([nH]2)=Cc2ccc([nH]2)C=3)cc1. The first kappa shape index (κ1) is 31.0. The number of carbonyl (C=O) groups is 3. The fourth-order valence-corrected chi connectivity index (χ4v) is 6.48. The lowest BCUT2D eigenvalue weighted by Crippen LogP contribution is -2.26. The first-order chi connectivity index (χ1) is 24.7. The van der Waals surface area contributed by atoms with Crippen LogP contribution in [0.15, 0.2) is 109 Å². The van der Waals surface area contributed by atoms with Crippen LogP contribution < -0.4 is 21.4 Å². The molecule has 0 radical (unpaired) electrons. The normalized spacial score (nSPS) is 11.8. The molecule has 0 amide bonds. The molecule has 0 spiro atoms. The van der Waals surface area contributed by atoms with Crippen molar-refractivity contribution in [2.75, 3.05) is 0 Å². The second kappa shape index (κ2) is 12.3. The maximum absolute atomic E-state index is 11.9. The zero-order valence-corrected chi connectivity index (χ0v) is 26.7. The van der Waals surface area contributed by atoms with Crippen molar-refractivity contribution in [1.82, 2.24) is 19.5 Å². The third kappa shape index (κ3) is 5.87. The zero-order valence-electron chi connectivity index (χ0n) is 26.7. The van der Waals surface area contributed by atoms with Gasteiger partial charge in [0.05, 0.1) is 27.4 Å². The van der Waals surface area contributed by atoms with Crippen LogP contribution in [0.2, 0.25) is 0 Å². The summed E-state index contributed by atoms with van der Waals surface area (Å²) in [6.45, 7) is 0. The Morgan fingerprint density at radius 1 is 0.412 bits per heavy atom. The van der Waals surface area contributed by atoms with Gasteiger partial charge in [-0.05, 0) is 120 Å². The van der Waals surface area contributed by atoms with Gasteiger partial charge in [-0.1, -0.05) is 24.3 Å². The minimum Gasteiger partial charge on any atom is -0.478 e. The summed E-state index contributed by atoms with van der Waals surface area (Å²) in [5, 5.41) is 32.4. The van der Waals surface area contributed by atoms with Crippen molar-refractivity contribution in [2.24, 2.45) is 0 Å². The molecule has 0 aliphatic carbocycles. The zero-order chi connectivity index (χ0) is 35.2. The molecule has 5 heterocycles. The molecule has 248 valence electrons. The van der Waals surface area contributed by atoms with Gasteiger partial charge in [-0.2, -0.15) is 0 Å². The van der Waals surface area contributed by atoms with Crippen molar-refractivity contribution in [3.63, 3.8) is 0 Å². The molecule has 0 unspecified atom stereocenters. The number of nitrogens with zero attached hydrogens (tertiary/aromatic N) is 1. The van der Waals surface area contributed by atoms with E-state index in [1.54, 1.807) is 72.8 Å². The average molecular weight is 673 g/mol. The molecule has 51 heavy (non-hydrogen) atoms. The standard InChI is InChI=1S/C41H28N4O6/c46-39(47)25-5-1-23(2-6-25)37-35-21-32-15-13-30(43-32)19-28-11-12-29(42-28)20-31-14-16-33(44-31)22-36(38(37)24-3-7-26(8-4-24)40(48)49)45(35)34-17-9-27(10-18-34)41(50)51/h1-22,42-44H,(H,46,47)(H,48,49)(H,50,51). The van der Waals surface area contributed by atoms with Gasteiger partial charge in [0.15, 0.2) is 0 Å². The predicted molar refractivity (Wildman–Crippen MR) is 193 cm³/mol. The number of fused-ring (bicyclic) bond motifs is 8. The number of aromatic nitrogens is 4. The summed E-state index contributed by atoms with van der Waals surface area (Å²) in [5.41, 5.74) is 7.26. The van der Waals surface area contributed by atoms with E-state index in [4.69, 9.17) is 0 Å². The molecule has 0 atom stereocenters. The van der Waals surface area contributed by atoms with Crippen molar-refractivity contribution in [2.45, 2.75) is 0 Å². The number of carboxylic acid groups (broad SMARTS) is 3. The molecular weight excluding hydrogens is 644 g/mol. The lowest BCUT2D eigenvalue weighted by molar-refractivity contribution is 0.0686. The Morgan fingerprint density at radius 2 is 0.765 bits per heavy atom. The Balaban J connectivity index is 1.56. The van der Waals surface area contributed by atoms with E-state index in [0.717, 1.165) is 55.7 Å². The molecule has 6 N–H and O–H groups in total. The monoisotopic (exact) mass is 672 g/mol. The lowest BCUT2D eigenvalue weighted by Gasteiger charge is -2.08. The molecule has 4 aromatic heterocycles. The Hall–Kier alpha value is -7.33. The Labute approximate surface area is 288 Å². The predicted octanol–water partition coefficient (Wildman–Crippen LogP) is 4.52. The molecular formula is C41H28N4O6. The summed E-state index contributed by atoms with van der Waals surface area (Å²) in [7, 11) is 0. The summed E-state index contributed by atoms with van der Waals surface area (Å²) in [5.74, 6) is -3.15. The second-order valence-corrected chi connectivity index (χ2v) is 12.2. The van der Waals surface area contributed by atoms with Gasteiger partial charge in [-0.15, -0.1) is 0 Å². The molecule has 1 aliphatic heterocycles. The highest BCUT2D eigenvalue weighted by molar-refractivity contribution is 5.93. The molecule has 0 saturated carbocycles. The number of aromatic carboxylic acids is 3. The molecule has 0 saturated heterocycles. The number of aromatic amines is 3. The smallest absolute Gasteiger partial charge is 0.335 e. The van der Waals surface area contributed by atoms with E-state index >= 15 is 0 Å². The molecule has 3 aromatic carbocycles. The van der Waals surface area contributed by atoms with Gasteiger partial charge >= 0.3 is 17.9 Å². The van der Waals surface area contributed by atoms with Gasteiger partial charge in [-0.25, -0.2) is 14.4 Å². The van der Waals surface area contributed by atoms with Gasteiger partial charge in [0, 0.05) is 50.3 Å². The maximum atomic E-state index is 11.9. The third-order valence-electron chi connectivity index (χ3n) is 8.86. The highest BCUT2D eigenvalue weighted by atomic mass is 16.4. The van der Waals surface area contributed by atoms with E-state index < -0.39 is 17.9 Å². The fourth-order valence-electron chi connectivity index (χ4n) is 6.48. The topological polar surface area (TPSA) is 164 Å². The molecule has 10 nitrogen and oxygen atoms in total. The molecule has 1 aliphatic rings. The molecule has 8 bridgehead atoms. The van der Waals surface area contributed by atoms with E-state index in [0.29, 0.717) is 16.4 Å². The quantitative estimate of drug-likeness (QED) is 0.152. The Kier molecular flexibility index (Phi) is 7.46. The maximum Gasteiger partial charge on any atom is 0.335 e. The highest BCUT2D eigenvalue weighted by Gasteiger charge is 2.21. The van der Waals surface area contributed by atoms with Crippen molar-refractivity contribution in [1.29, 1.82) is 0 Å². The largest absolute Gasteiger partial charge is 0.478 e. The van der Waals surface area contributed by atoms with Crippen LogP contribution in [0.1, 0.15) is 53.8 Å². The van der Waals surface area contributed by atoms with Crippen molar-refractivity contribution in [3.8, 4) is 27.9 Å². The van der Waals surface area contributed by atoms with E-state index in [9.17, 15) is 29.7 Å². The van der Waals surface area contributed by atoms with Crippen molar-refractivity contribution in [3.05, 3.63) is 170 Å². The number of rotatable bonds is 6. The van der Waals surface area contributed by atoms with E-state index in [-0.39, 0.29) is 16.7 Å². The van der Waals surface area contributed by atoms with Crippen LogP contribution in [-0.2, 0) is 0 Å². The van der Waals surface area contributed by atoms with Crippen LogP contribution in [0, 0.1) is 0 Å². The van der Waals surface area contributed by atoms with Crippen molar-refractivity contribution >= 4 is 42.2 Å². The van der Waals surface area contributed by atoms with E-state index in [2.05, 4.69) is 15.0 Å². The summed E-state index contributed by atoms with van der Waals surface area (Å²) in [4.78, 5) is 46.0. The number of carboxylic acids is 3. The number of hydrogen-bond acceptors (Lipinski definition) is 3.